The minimum absolute atomic E-state index is 0.106. The predicted octanol–water partition coefficient (Wildman–Crippen LogP) is 5.76. The molecule has 2 unspecified atom stereocenters. The Kier molecular flexibility index (Phi) is 8.06. The number of ether oxygens (including phenoxy) is 2. The van der Waals surface area contributed by atoms with E-state index in [0.29, 0.717) is 16.5 Å². The minimum Gasteiger partial charge on any atom is -0.482 e. The molecule has 9 heteroatoms. The Morgan fingerprint density at radius 1 is 0.968 bits per heavy atom. The van der Waals surface area contributed by atoms with Crippen molar-refractivity contribution in [3.63, 3.8) is 0 Å². The monoisotopic (exact) mass is 567 g/mol. The van der Waals surface area contributed by atoms with Crippen LogP contribution in [0.25, 0.3) is 10.8 Å². The highest BCUT2D eigenvalue weighted by atomic mass is 79.9. The number of aliphatic carboxylic acids is 1. The summed E-state index contributed by atoms with van der Waals surface area (Å²) in [5, 5.41) is 11.7. The lowest BCUT2D eigenvalue weighted by atomic mass is 10.1. The number of hydrogen-bond donors (Lipinski definition) is 1. The van der Waals surface area contributed by atoms with Crippen molar-refractivity contribution in [2.75, 3.05) is 6.61 Å². The molecule has 0 bridgehead atoms. The molecule has 31 heavy (non-hydrogen) atoms. The van der Waals surface area contributed by atoms with E-state index in [2.05, 4.69) is 36.9 Å². The highest BCUT2D eigenvalue weighted by molar-refractivity contribution is 9.12. The van der Waals surface area contributed by atoms with Crippen molar-refractivity contribution in [3.05, 3.63) is 71.8 Å². The molecule has 0 aliphatic carbocycles. The van der Waals surface area contributed by atoms with Gasteiger partial charge in [0, 0.05) is 10.4 Å². The SMILES string of the molecule is O=C(COc1ccc(Cl)cc1)OC(=Nc1cccc2ccccc12)C(Br)C(Br)C(=O)O. The van der Waals surface area contributed by atoms with Gasteiger partial charge >= 0.3 is 11.9 Å². The third-order valence-electron chi connectivity index (χ3n) is 4.11. The molecule has 0 spiro atoms. The predicted molar refractivity (Wildman–Crippen MR) is 127 cm³/mol. The maximum absolute atomic E-state index is 12.4. The zero-order valence-electron chi connectivity index (χ0n) is 15.9. The Labute approximate surface area is 200 Å². The molecule has 1 N–H and O–H groups in total. The molecule has 3 rings (SSSR count). The van der Waals surface area contributed by atoms with Crippen LogP contribution in [0.2, 0.25) is 5.02 Å². The number of benzene rings is 3. The first kappa shape index (κ1) is 23.2. The minimum atomic E-state index is -1.14. The zero-order valence-corrected chi connectivity index (χ0v) is 19.8. The van der Waals surface area contributed by atoms with Crippen molar-refractivity contribution in [1.82, 2.24) is 0 Å². The second-order valence-corrected chi connectivity index (χ2v) is 8.72. The average Bonchev–Trinajstić information content (AvgIpc) is 2.77. The fourth-order valence-electron chi connectivity index (χ4n) is 2.63. The molecule has 3 aromatic rings. The summed E-state index contributed by atoms with van der Waals surface area (Å²) >= 11 is 12.2. The number of fused-ring (bicyclic) bond motifs is 1. The Bertz CT molecular complexity index is 1120. The number of carbonyl (C=O) groups excluding carboxylic acids is 1. The molecule has 160 valence electrons. The van der Waals surface area contributed by atoms with Crippen LogP contribution in [0.4, 0.5) is 5.69 Å². The van der Waals surface area contributed by atoms with E-state index in [1.54, 1.807) is 30.3 Å². The molecular formula is C22H16Br2ClNO5. The summed E-state index contributed by atoms with van der Waals surface area (Å²) < 4.78 is 10.8. The van der Waals surface area contributed by atoms with Gasteiger partial charge in [-0.3, -0.25) is 4.79 Å². The van der Waals surface area contributed by atoms with Crippen molar-refractivity contribution in [2.45, 2.75) is 9.65 Å². The van der Waals surface area contributed by atoms with Gasteiger partial charge in [-0.2, -0.15) is 0 Å². The Morgan fingerprint density at radius 2 is 1.65 bits per heavy atom. The molecule has 0 aromatic heterocycles. The van der Waals surface area contributed by atoms with Gasteiger partial charge in [-0.1, -0.05) is 79.9 Å². The van der Waals surface area contributed by atoms with Gasteiger partial charge in [0.25, 0.3) is 0 Å². The maximum atomic E-state index is 12.4. The van der Waals surface area contributed by atoms with E-state index in [-0.39, 0.29) is 5.90 Å². The number of nitrogens with zero attached hydrogens (tertiary/aromatic N) is 1. The van der Waals surface area contributed by atoms with E-state index < -0.39 is 28.2 Å². The Morgan fingerprint density at radius 3 is 2.35 bits per heavy atom. The van der Waals surface area contributed by atoms with Crippen molar-refractivity contribution in [3.8, 4) is 5.75 Å². The van der Waals surface area contributed by atoms with Crippen molar-refractivity contribution >= 4 is 77.8 Å². The maximum Gasteiger partial charge on any atom is 0.350 e. The summed E-state index contributed by atoms with van der Waals surface area (Å²) in [6.45, 7) is -0.393. The van der Waals surface area contributed by atoms with E-state index >= 15 is 0 Å². The highest BCUT2D eigenvalue weighted by Gasteiger charge is 2.31. The lowest BCUT2D eigenvalue weighted by Gasteiger charge is -2.16. The molecular weight excluding hydrogens is 554 g/mol. The number of esters is 1. The van der Waals surface area contributed by atoms with Crippen LogP contribution >= 0.6 is 43.5 Å². The van der Waals surface area contributed by atoms with E-state index in [1.165, 1.54) is 0 Å². The first-order valence-corrected chi connectivity index (χ1v) is 11.2. The van der Waals surface area contributed by atoms with E-state index in [1.807, 2.05) is 36.4 Å². The van der Waals surface area contributed by atoms with Crippen molar-refractivity contribution < 1.29 is 24.2 Å². The van der Waals surface area contributed by atoms with Crippen molar-refractivity contribution in [2.24, 2.45) is 4.99 Å². The largest absolute Gasteiger partial charge is 0.482 e. The number of rotatable bonds is 7. The first-order valence-electron chi connectivity index (χ1n) is 9.01. The summed E-state index contributed by atoms with van der Waals surface area (Å²) in [6.07, 6.45) is 0. The molecule has 3 aromatic carbocycles. The molecule has 0 fully saturated rings. The number of carboxylic acid groups (broad SMARTS) is 1. The summed E-state index contributed by atoms with van der Waals surface area (Å²) in [4.78, 5) is 26.3. The summed E-state index contributed by atoms with van der Waals surface area (Å²) in [5.74, 6) is -1.54. The fourth-order valence-corrected chi connectivity index (χ4v) is 3.41. The Hall–Kier alpha value is -2.42. The van der Waals surface area contributed by atoms with E-state index in [0.717, 1.165) is 10.8 Å². The van der Waals surface area contributed by atoms with Gasteiger partial charge in [0.2, 0.25) is 5.90 Å². The quantitative estimate of drug-likeness (QED) is 0.169. The van der Waals surface area contributed by atoms with E-state index in [4.69, 9.17) is 21.1 Å². The second kappa shape index (κ2) is 10.7. The summed E-state index contributed by atoms with van der Waals surface area (Å²) in [5.41, 5.74) is 0.536. The number of aliphatic imine (C=N–C) groups is 1. The van der Waals surface area contributed by atoms with Crippen LogP contribution in [0, 0.1) is 0 Å². The smallest absolute Gasteiger partial charge is 0.350 e. The molecule has 0 radical (unpaired) electrons. The molecule has 0 amide bonds. The molecule has 0 saturated heterocycles. The van der Waals surface area contributed by atoms with Crippen LogP contribution in [0.5, 0.6) is 5.75 Å². The number of carboxylic acids is 1. The van der Waals surface area contributed by atoms with Gasteiger partial charge < -0.3 is 14.6 Å². The molecule has 0 heterocycles. The molecule has 6 nitrogen and oxygen atoms in total. The van der Waals surface area contributed by atoms with Crippen LogP contribution in [-0.2, 0) is 14.3 Å². The third kappa shape index (κ3) is 6.29. The molecule has 2 atom stereocenters. The molecule has 0 saturated carbocycles. The fraction of sp³-hybridized carbons (Fsp3) is 0.136. The second-order valence-electron chi connectivity index (χ2n) is 6.31. The van der Waals surface area contributed by atoms with Gasteiger partial charge in [-0.05, 0) is 35.7 Å². The number of alkyl halides is 2. The lowest BCUT2D eigenvalue weighted by molar-refractivity contribution is -0.139. The van der Waals surface area contributed by atoms with Gasteiger partial charge in [-0.15, -0.1) is 0 Å². The normalized spacial score (nSPS) is 13.5. The topological polar surface area (TPSA) is 85.2 Å². The van der Waals surface area contributed by atoms with Crippen LogP contribution in [0.15, 0.2) is 71.7 Å². The van der Waals surface area contributed by atoms with Gasteiger partial charge in [0.05, 0.1) is 5.69 Å². The highest BCUT2D eigenvalue weighted by Crippen LogP contribution is 2.28. The van der Waals surface area contributed by atoms with Crippen molar-refractivity contribution in [1.29, 1.82) is 0 Å². The van der Waals surface area contributed by atoms with Crippen LogP contribution in [0.1, 0.15) is 0 Å². The third-order valence-corrected chi connectivity index (χ3v) is 6.92. The van der Waals surface area contributed by atoms with Crippen LogP contribution < -0.4 is 4.74 Å². The molecule has 0 aliphatic rings. The van der Waals surface area contributed by atoms with Gasteiger partial charge in [0.15, 0.2) is 6.61 Å². The first-order chi connectivity index (χ1) is 14.8. The summed E-state index contributed by atoms with van der Waals surface area (Å²) in [7, 11) is 0. The van der Waals surface area contributed by atoms with Gasteiger partial charge in [0.1, 0.15) is 15.4 Å². The molecule has 0 aliphatic heterocycles. The zero-order chi connectivity index (χ0) is 22.4. The Balaban J connectivity index is 1.85. The van der Waals surface area contributed by atoms with Crippen LogP contribution in [-0.4, -0.2) is 39.2 Å². The van der Waals surface area contributed by atoms with Crippen LogP contribution in [0.3, 0.4) is 0 Å². The van der Waals surface area contributed by atoms with Gasteiger partial charge in [-0.25, -0.2) is 9.79 Å². The van der Waals surface area contributed by atoms with E-state index in [9.17, 15) is 14.7 Å². The average molecular weight is 570 g/mol. The standard InChI is InChI=1S/C22H16Br2ClNO5/c23-19(20(24)22(28)29)21(26-17-7-3-5-13-4-1-2-6-16(13)17)31-18(27)12-30-15-10-8-14(25)9-11-15/h1-11,19-20H,12H2,(H,28,29). The number of carbonyl (C=O) groups is 2. The lowest BCUT2D eigenvalue weighted by Crippen LogP contribution is -2.34. The summed E-state index contributed by atoms with van der Waals surface area (Å²) in [6, 6.07) is 19.6. The number of halogens is 3. The number of hydrogen-bond acceptors (Lipinski definition) is 5.